The number of hydrogen-bond donors (Lipinski definition) is 3. The first-order valence-corrected chi connectivity index (χ1v) is 6.24. The van der Waals surface area contributed by atoms with E-state index < -0.39 is 22.9 Å². The Morgan fingerprint density at radius 2 is 1.72 bits per heavy atom. The molecule has 0 unspecified atom stereocenters. The molecule has 106 valence electrons. The van der Waals surface area contributed by atoms with Crippen LogP contribution in [0.2, 0.25) is 0 Å². The van der Waals surface area contributed by atoms with E-state index in [-0.39, 0.29) is 10.7 Å². The van der Waals surface area contributed by atoms with Crippen LogP contribution in [0.1, 0.15) is 27.7 Å². The van der Waals surface area contributed by atoms with Gasteiger partial charge in [-0.25, -0.2) is 0 Å². The van der Waals surface area contributed by atoms with Crippen molar-refractivity contribution < 1.29 is 18.3 Å². The van der Waals surface area contributed by atoms with Gasteiger partial charge in [0.25, 0.3) is 0 Å². The lowest BCUT2D eigenvalue weighted by atomic mass is 9.79. The van der Waals surface area contributed by atoms with Gasteiger partial charge in [0.05, 0.1) is 10.5 Å². The van der Waals surface area contributed by atoms with Crippen LogP contribution >= 0.6 is 11.8 Å². The van der Waals surface area contributed by atoms with Crippen molar-refractivity contribution in [3.8, 4) is 0 Å². The van der Waals surface area contributed by atoms with E-state index in [2.05, 4.69) is 0 Å². The third kappa shape index (κ3) is 4.53. The van der Waals surface area contributed by atoms with Crippen molar-refractivity contribution in [2.24, 2.45) is 11.1 Å². The number of thioether (sulfide) groups is 1. The summed E-state index contributed by atoms with van der Waals surface area (Å²) in [6.07, 6.45) is -4.05. The molecule has 0 saturated heterocycles. The highest BCUT2D eigenvalue weighted by atomic mass is 32.2. The Morgan fingerprint density at radius 1 is 1.28 bits per heavy atom. The van der Waals surface area contributed by atoms with Crippen molar-refractivity contribution in [3.63, 3.8) is 0 Å². The summed E-state index contributed by atoms with van der Waals surface area (Å²) in [6, 6.07) is 0. The molecule has 0 aliphatic rings. The molecule has 0 aliphatic heterocycles. The first-order valence-electron chi connectivity index (χ1n) is 5.25. The molecule has 0 aliphatic carbocycles. The van der Waals surface area contributed by atoms with Gasteiger partial charge in [-0.3, -0.25) is 0 Å². The third-order valence-electron chi connectivity index (χ3n) is 2.95. The summed E-state index contributed by atoms with van der Waals surface area (Å²) in [5, 5.41) is 16.9. The van der Waals surface area contributed by atoms with Crippen LogP contribution in [-0.4, -0.2) is 28.9 Å². The lowest BCUT2D eigenvalue weighted by molar-refractivity contribution is -0.0927. The molecular weight excluding hydrogens is 265 g/mol. The highest BCUT2D eigenvalue weighted by molar-refractivity contribution is 8.03. The van der Waals surface area contributed by atoms with Crippen molar-refractivity contribution in [3.05, 3.63) is 10.6 Å². The highest BCUT2D eigenvalue weighted by Crippen LogP contribution is 2.37. The number of rotatable bonds is 5. The maximum absolute atomic E-state index is 12.4. The average molecular weight is 284 g/mol. The lowest BCUT2D eigenvalue weighted by Gasteiger charge is -2.37. The first kappa shape index (κ1) is 17.3. The summed E-state index contributed by atoms with van der Waals surface area (Å²) in [7, 11) is 0. The second-order valence-corrected chi connectivity index (χ2v) is 6.17. The Bertz CT molecular complexity index is 343. The number of aliphatic hydroxyl groups is 1. The number of hydrogen-bond acceptors (Lipinski definition) is 4. The largest absolute Gasteiger partial charge is 0.431 e. The molecular formula is C11H19F3N2OS. The van der Waals surface area contributed by atoms with Gasteiger partial charge in [-0.15, -0.1) is 11.8 Å². The molecule has 0 atom stereocenters. The first-order chi connectivity index (χ1) is 7.83. The number of halogens is 3. The standard InChI is InChI=1S/C11H19F3N2OS/c1-9(2,10(3,4)17)6-18-7(5-15)8(16)11(12,13)14/h5,15,17H,6,16H2,1-4H3/b8-7+,15-5?. The summed E-state index contributed by atoms with van der Waals surface area (Å²) >= 11 is 0.822. The Labute approximate surface area is 109 Å². The SMILES string of the molecule is CC(C)(O)C(C)(C)CS/C(C=N)=C(/N)C(F)(F)F. The highest BCUT2D eigenvalue weighted by Gasteiger charge is 2.37. The minimum atomic E-state index is -4.64. The minimum absolute atomic E-state index is 0.220. The number of alkyl halides is 3. The predicted molar refractivity (Wildman–Crippen MR) is 68.6 cm³/mol. The van der Waals surface area contributed by atoms with Crippen LogP contribution in [0.15, 0.2) is 10.6 Å². The van der Waals surface area contributed by atoms with Crippen molar-refractivity contribution in [2.75, 3.05) is 5.75 Å². The van der Waals surface area contributed by atoms with E-state index in [1.807, 2.05) is 0 Å². The fraction of sp³-hybridized carbons (Fsp3) is 0.727. The lowest BCUT2D eigenvalue weighted by Crippen LogP contribution is -2.40. The maximum atomic E-state index is 12.4. The summed E-state index contributed by atoms with van der Waals surface area (Å²) in [5.41, 5.74) is 2.04. The third-order valence-corrected chi connectivity index (χ3v) is 4.46. The Morgan fingerprint density at radius 3 is 2.00 bits per heavy atom. The molecule has 7 heteroatoms. The summed E-state index contributed by atoms with van der Waals surface area (Å²) in [5.74, 6) is 0.220. The van der Waals surface area contributed by atoms with E-state index in [4.69, 9.17) is 11.1 Å². The Balaban J connectivity index is 4.96. The second-order valence-electron chi connectivity index (χ2n) is 5.15. The number of nitrogens with one attached hydrogen (secondary N) is 1. The maximum Gasteiger partial charge on any atom is 0.431 e. The van der Waals surface area contributed by atoms with Gasteiger partial charge in [0.1, 0.15) is 5.70 Å². The Hall–Kier alpha value is -0.690. The van der Waals surface area contributed by atoms with E-state index in [0.717, 1.165) is 11.8 Å². The molecule has 0 bridgehead atoms. The fourth-order valence-electron chi connectivity index (χ4n) is 0.772. The molecule has 0 aromatic rings. The quantitative estimate of drug-likeness (QED) is 0.680. The summed E-state index contributed by atoms with van der Waals surface area (Å²) in [6.45, 7) is 6.67. The summed E-state index contributed by atoms with van der Waals surface area (Å²) in [4.78, 5) is -0.333. The van der Waals surface area contributed by atoms with Gasteiger partial charge in [-0.1, -0.05) is 13.8 Å². The van der Waals surface area contributed by atoms with Crippen molar-refractivity contribution in [1.29, 1.82) is 5.41 Å². The van der Waals surface area contributed by atoms with Crippen LogP contribution in [-0.2, 0) is 0 Å². The van der Waals surface area contributed by atoms with E-state index in [1.54, 1.807) is 27.7 Å². The average Bonchev–Trinajstić information content (AvgIpc) is 2.15. The molecule has 0 aromatic carbocycles. The van der Waals surface area contributed by atoms with Crippen molar-refractivity contribution in [1.82, 2.24) is 0 Å². The molecule has 0 fully saturated rings. The normalized spacial score (nSPS) is 15.3. The molecule has 3 nitrogen and oxygen atoms in total. The van der Waals surface area contributed by atoms with Crippen LogP contribution in [0.25, 0.3) is 0 Å². The predicted octanol–water partition coefficient (Wildman–Crippen LogP) is 2.90. The van der Waals surface area contributed by atoms with Gasteiger partial charge in [0.2, 0.25) is 0 Å². The van der Waals surface area contributed by atoms with Crippen molar-refractivity contribution in [2.45, 2.75) is 39.5 Å². The molecule has 4 N–H and O–H groups in total. The van der Waals surface area contributed by atoms with E-state index >= 15 is 0 Å². The van der Waals surface area contributed by atoms with Crippen molar-refractivity contribution >= 4 is 18.0 Å². The Kier molecular flexibility index (Phi) is 5.31. The molecule has 0 amide bonds. The van der Waals surface area contributed by atoms with Gasteiger partial charge in [0, 0.05) is 17.4 Å². The van der Waals surface area contributed by atoms with Crippen LogP contribution < -0.4 is 5.73 Å². The van der Waals surface area contributed by atoms with E-state index in [9.17, 15) is 18.3 Å². The van der Waals surface area contributed by atoms with Gasteiger partial charge in [0.15, 0.2) is 0 Å². The molecule has 0 radical (unpaired) electrons. The van der Waals surface area contributed by atoms with E-state index in [0.29, 0.717) is 6.21 Å². The molecule has 0 rings (SSSR count). The van der Waals surface area contributed by atoms with Gasteiger partial charge in [-0.05, 0) is 13.8 Å². The van der Waals surface area contributed by atoms with Crippen LogP contribution in [0.4, 0.5) is 13.2 Å². The zero-order chi connectivity index (χ0) is 14.8. The fourth-order valence-corrected chi connectivity index (χ4v) is 2.00. The number of allylic oxidation sites excluding steroid dienone is 2. The summed E-state index contributed by atoms with van der Waals surface area (Å²) < 4.78 is 37.2. The topological polar surface area (TPSA) is 70.1 Å². The molecule has 0 saturated carbocycles. The van der Waals surface area contributed by atoms with Crippen LogP contribution in [0.5, 0.6) is 0 Å². The smallest absolute Gasteiger partial charge is 0.394 e. The number of nitrogens with two attached hydrogens (primary N) is 1. The minimum Gasteiger partial charge on any atom is -0.394 e. The zero-order valence-electron chi connectivity index (χ0n) is 10.9. The van der Waals surface area contributed by atoms with E-state index in [1.165, 1.54) is 0 Å². The monoisotopic (exact) mass is 284 g/mol. The molecule has 0 spiro atoms. The van der Waals surface area contributed by atoms with Gasteiger partial charge < -0.3 is 16.2 Å². The van der Waals surface area contributed by atoms with Gasteiger partial charge >= 0.3 is 6.18 Å². The van der Waals surface area contributed by atoms with Crippen LogP contribution in [0, 0.1) is 10.8 Å². The van der Waals surface area contributed by atoms with Gasteiger partial charge in [-0.2, -0.15) is 13.2 Å². The zero-order valence-corrected chi connectivity index (χ0v) is 11.7. The van der Waals surface area contributed by atoms with Crippen LogP contribution in [0.3, 0.4) is 0 Å². The molecule has 0 aromatic heterocycles. The molecule has 18 heavy (non-hydrogen) atoms. The molecule has 0 heterocycles. The second kappa shape index (κ2) is 5.52.